The fourth-order valence-electron chi connectivity index (χ4n) is 2.12. The Balaban J connectivity index is 2.27. The lowest BCUT2D eigenvalue weighted by Gasteiger charge is -2.05. The zero-order valence-corrected chi connectivity index (χ0v) is 9.75. The van der Waals surface area contributed by atoms with Crippen LogP contribution in [0.15, 0.2) is 48.8 Å². The van der Waals surface area contributed by atoms with Crippen molar-refractivity contribution in [3.8, 4) is 5.69 Å². The fraction of sp³-hybridized carbons (Fsp3) is 0. The first-order valence-electron chi connectivity index (χ1n) is 5.62. The third kappa shape index (κ3) is 1.85. The Kier molecular flexibility index (Phi) is 2.52. The minimum absolute atomic E-state index is 0.228. The molecule has 94 valence electrons. The largest absolute Gasteiger partial charge is 0.478 e. The first-order valence-corrected chi connectivity index (χ1v) is 5.62. The molecule has 5 heteroatoms. The summed E-state index contributed by atoms with van der Waals surface area (Å²) in [5.41, 5.74) is 1.54. The molecular weight excluding hydrogens is 247 g/mol. The molecule has 2 aromatic heterocycles. The zero-order valence-electron chi connectivity index (χ0n) is 9.75. The second-order valence-electron chi connectivity index (χ2n) is 4.07. The topological polar surface area (TPSA) is 55.1 Å². The molecule has 0 aliphatic heterocycles. The first-order chi connectivity index (χ1) is 9.16. The van der Waals surface area contributed by atoms with Gasteiger partial charge in [-0.2, -0.15) is 4.39 Å². The van der Waals surface area contributed by atoms with Crippen LogP contribution in [0.3, 0.4) is 0 Å². The van der Waals surface area contributed by atoms with Crippen LogP contribution < -0.4 is 0 Å². The number of pyridine rings is 1. The van der Waals surface area contributed by atoms with Crippen LogP contribution in [0, 0.1) is 5.95 Å². The van der Waals surface area contributed by atoms with Gasteiger partial charge in [0.1, 0.15) is 0 Å². The van der Waals surface area contributed by atoms with Crippen LogP contribution in [0.2, 0.25) is 0 Å². The van der Waals surface area contributed by atoms with E-state index >= 15 is 0 Å². The highest BCUT2D eigenvalue weighted by atomic mass is 19.1. The molecule has 0 atom stereocenters. The van der Waals surface area contributed by atoms with E-state index < -0.39 is 11.9 Å². The van der Waals surface area contributed by atoms with Crippen molar-refractivity contribution in [1.82, 2.24) is 9.55 Å². The fourth-order valence-corrected chi connectivity index (χ4v) is 2.12. The monoisotopic (exact) mass is 256 g/mol. The lowest BCUT2D eigenvalue weighted by molar-refractivity contribution is 0.0699. The van der Waals surface area contributed by atoms with E-state index in [4.69, 9.17) is 5.11 Å². The molecule has 0 saturated carbocycles. The summed E-state index contributed by atoms with van der Waals surface area (Å²) in [7, 11) is 0. The maximum Gasteiger partial charge on any atom is 0.336 e. The summed E-state index contributed by atoms with van der Waals surface area (Å²) in [6.07, 6.45) is 3.09. The highest BCUT2D eigenvalue weighted by molar-refractivity contribution is 6.03. The van der Waals surface area contributed by atoms with Gasteiger partial charge in [-0.05, 0) is 24.3 Å². The summed E-state index contributed by atoms with van der Waals surface area (Å²) in [5, 5.41) is 9.75. The van der Waals surface area contributed by atoms with Gasteiger partial charge in [0, 0.05) is 23.8 Å². The van der Waals surface area contributed by atoms with Crippen molar-refractivity contribution in [3.63, 3.8) is 0 Å². The normalized spacial score (nSPS) is 10.8. The van der Waals surface area contributed by atoms with Gasteiger partial charge in [-0.3, -0.25) is 0 Å². The molecular formula is C14H9FN2O2. The van der Waals surface area contributed by atoms with Crippen LogP contribution in [0.5, 0.6) is 0 Å². The van der Waals surface area contributed by atoms with Gasteiger partial charge >= 0.3 is 5.97 Å². The van der Waals surface area contributed by atoms with Crippen molar-refractivity contribution in [1.29, 1.82) is 0 Å². The first kappa shape index (κ1) is 11.4. The lowest BCUT2D eigenvalue weighted by atomic mass is 10.1. The van der Waals surface area contributed by atoms with E-state index in [-0.39, 0.29) is 5.56 Å². The molecule has 2 heterocycles. The van der Waals surface area contributed by atoms with E-state index in [1.54, 1.807) is 41.1 Å². The molecule has 0 amide bonds. The summed E-state index contributed by atoms with van der Waals surface area (Å²) < 4.78 is 14.9. The van der Waals surface area contributed by atoms with Gasteiger partial charge in [0.2, 0.25) is 5.95 Å². The van der Waals surface area contributed by atoms with E-state index in [1.807, 2.05) is 0 Å². The standard InChI is InChI=1S/C14H9FN2O2/c15-13-8-9(4-6-16-13)17-7-5-10-11(14(18)19)2-1-3-12(10)17/h1-8H,(H,18,19). The third-order valence-corrected chi connectivity index (χ3v) is 2.95. The minimum atomic E-state index is -0.982. The van der Waals surface area contributed by atoms with Crippen molar-refractivity contribution < 1.29 is 14.3 Å². The number of hydrogen-bond acceptors (Lipinski definition) is 2. The molecule has 0 spiro atoms. The molecule has 1 aromatic carbocycles. The van der Waals surface area contributed by atoms with Crippen LogP contribution >= 0.6 is 0 Å². The number of aromatic nitrogens is 2. The summed E-state index contributed by atoms with van der Waals surface area (Å²) in [6, 6.07) is 9.67. The number of nitrogens with zero attached hydrogens (tertiary/aromatic N) is 2. The van der Waals surface area contributed by atoms with Gasteiger partial charge in [0.25, 0.3) is 0 Å². The van der Waals surface area contributed by atoms with E-state index in [9.17, 15) is 9.18 Å². The van der Waals surface area contributed by atoms with Crippen LogP contribution in [0.1, 0.15) is 10.4 Å². The molecule has 1 N–H and O–H groups in total. The molecule has 0 fully saturated rings. The van der Waals surface area contributed by atoms with Gasteiger partial charge in [-0.1, -0.05) is 6.07 Å². The number of benzene rings is 1. The van der Waals surface area contributed by atoms with Crippen molar-refractivity contribution in [2.75, 3.05) is 0 Å². The molecule has 0 unspecified atom stereocenters. The number of halogens is 1. The summed E-state index contributed by atoms with van der Waals surface area (Å²) in [4.78, 5) is 14.6. The number of fused-ring (bicyclic) bond motifs is 1. The van der Waals surface area contributed by atoms with Gasteiger partial charge in [-0.15, -0.1) is 0 Å². The maximum absolute atomic E-state index is 13.1. The van der Waals surface area contributed by atoms with Crippen LogP contribution in [0.25, 0.3) is 16.6 Å². The molecule has 3 aromatic rings. The second kappa shape index (κ2) is 4.20. The Bertz CT molecular complexity index is 780. The molecule has 0 aliphatic rings. The van der Waals surface area contributed by atoms with E-state index in [0.29, 0.717) is 16.6 Å². The highest BCUT2D eigenvalue weighted by Gasteiger charge is 2.11. The Morgan fingerprint density at radius 3 is 2.84 bits per heavy atom. The van der Waals surface area contributed by atoms with Gasteiger partial charge in [0.05, 0.1) is 16.8 Å². The Hall–Kier alpha value is -2.69. The molecule has 19 heavy (non-hydrogen) atoms. The Labute approximate surface area is 107 Å². The van der Waals surface area contributed by atoms with Gasteiger partial charge in [-0.25, -0.2) is 9.78 Å². The predicted molar refractivity (Wildman–Crippen MR) is 68.0 cm³/mol. The molecule has 0 radical (unpaired) electrons. The lowest BCUT2D eigenvalue weighted by Crippen LogP contribution is -1.98. The molecule has 0 bridgehead atoms. The zero-order chi connectivity index (χ0) is 13.4. The van der Waals surface area contributed by atoms with Gasteiger partial charge < -0.3 is 9.67 Å². The average molecular weight is 256 g/mol. The maximum atomic E-state index is 13.1. The Morgan fingerprint density at radius 1 is 1.26 bits per heavy atom. The summed E-state index contributed by atoms with van der Waals surface area (Å²) in [6.45, 7) is 0. The van der Waals surface area contributed by atoms with Crippen molar-refractivity contribution in [3.05, 3.63) is 60.3 Å². The van der Waals surface area contributed by atoms with Crippen LogP contribution in [-0.4, -0.2) is 20.6 Å². The minimum Gasteiger partial charge on any atom is -0.478 e. The number of hydrogen-bond donors (Lipinski definition) is 1. The second-order valence-corrected chi connectivity index (χ2v) is 4.07. The van der Waals surface area contributed by atoms with Crippen molar-refractivity contribution in [2.24, 2.45) is 0 Å². The number of aromatic carboxylic acids is 1. The third-order valence-electron chi connectivity index (χ3n) is 2.95. The number of carbonyl (C=O) groups is 1. The highest BCUT2D eigenvalue weighted by Crippen LogP contribution is 2.23. The number of carboxylic acids is 1. The van der Waals surface area contributed by atoms with Crippen molar-refractivity contribution >= 4 is 16.9 Å². The Morgan fingerprint density at radius 2 is 2.11 bits per heavy atom. The molecule has 4 nitrogen and oxygen atoms in total. The van der Waals surface area contributed by atoms with E-state index in [2.05, 4.69) is 4.98 Å². The molecule has 3 rings (SSSR count). The van der Waals surface area contributed by atoms with Gasteiger partial charge in [0.15, 0.2) is 0 Å². The quantitative estimate of drug-likeness (QED) is 0.717. The van der Waals surface area contributed by atoms with Crippen LogP contribution in [0.4, 0.5) is 4.39 Å². The number of rotatable bonds is 2. The molecule has 0 saturated heterocycles. The summed E-state index contributed by atoms with van der Waals surface area (Å²) >= 11 is 0. The average Bonchev–Trinajstić information content (AvgIpc) is 2.82. The van der Waals surface area contributed by atoms with E-state index in [0.717, 1.165) is 0 Å². The van der Waals surface area contributed by atoms with E-state index in [1.165, 1.54) is 12.3 Å². The number of carboxylic acid groups (broad SMARTS) is 1. The smallest absolute Gasteiger partial charge is 0.336 e. The summed E-state index contributed by atoms with van der Waals surface area (Å²) in [5.74, 6) is -1.56. The van der Waals surface area contributed by atoms with Crippen LogP contribution in [-0.2, 0) is 0 Å². The predicted octanol–water partition coefficient (Wildman–Crippen LogP) is 2.86. The van der Waals surface area contributed by atoms with Crippen molar-refractivity contribution in [2.45, 2.75) is 0 Å². The SMILES string of the molecule is O=C(O)c1cccc2c1ccn2-c1ccnc(F)c1. The molecule has 0 aliphatic carbocycles.